The fraction of sp³-hybridized carbons (Fsp3) is 0.267. The van der Waals surface area contributed by atoms with Crippen molar-refractivity contribution in [3.8, 4) is 0 Å². The molecule has 0 unspecified atom stereocenters. The number of thioether (sulfide) groups is 1. The Bertz CT molecular complexity index is 610. The minimum Gasteiger partial charge on any atom is -0.466 e. The van der Waals surface area contributed by atoms with Crippen LogP contribution in [0.25, 0.3) is 0 Å². The molecule has 0 radical (unpaired) electrons. The van der Waals surface area contributed by atoms with Crippen molar-refractivity contribution in [3.05, 3.63) is 47.0 Å². The molecule has 4 nitrogen and oxygen atoms in total. The minimum absolute atomic E-state index is 0.0720. The van der Waals surface area contributed by atoms with Crippen molar-refractivity contribution in [2.24, 2.45) is 0 Å². The van der Waals surface area contributed by atoms with Gasteiger partial charge in [-0.2, -0.15) is 0 Å². The maximum absolute atomic E-state index is 12.0. The highest BCUT2D eigenvalue weighted by atomic mass is 32.2. The Morgan fingerprint density at radius 1 is 1.29 bits per heavy atom. The molecule has 0 spiro atoms. The molecule has 2 rings (SSSR count). The number of ether oxygens (including phenoxy) is 1. The average molecular weight is 321 g/mol. The molecule has 110 valence electrons. The number of aromatic nitrogens is 1. The number of Topliss-reactive ketones (excluding diaryl/α,β-unsaturated/α-hetero) is 1. The predicted molar refractivity (Wildman–Crippen MR) is 83.9 cm³/mol. The Hall–Kier alpha value is -1.66. The molecule has 6 heteroatoms. The van der Waals surface area contributed by atoms with Crippen LogP contribution in [-0.4, -0.2) is 29.1 Å². The molecule has 0 saturated carbocycles. The van der Waals surface area contributed by atoms with E-state index in [2.05, 4.69) is 4.98 Å². The maximum Gasteiger partial charge on any atom is 0.311 e. The van der Waals surface area contributed by atoms with Crippen LogP contribution in [0.1, 0.15) is 23.0 Å². The molecule has 1 heterocycles. The average Bonchev–Trinajstić information content (AvgIpc) is 2.93. The first-order valence-electron chi connectivity index (χ1n) is 6.50. The molecule has 0 bridgehead atoms. The molecule has 0 amide bonds. The van der Waals surface area contributed by atoms with Gasteiger partial charge >= 0.3 is 5.97 Å². The lowest BCUT2D eigenvalue weighted by molar-refractivity contribution is -0.142. The van der Waals surface area contributed by atoms with Crippen molar-refractivity contribution in [3.63, 3.8) is 0 Å². The third kappa shape index (κ3) is 4.99. The van der Waals surface area contributed by atoms with Crippen LogP contribution in [0.4, 0.5) is 0 Å². The van der Waals surface area contributed by atoms with Gasteiger partial charge in [0.1, 0.15) is 0 Å². The predicted octanol–water partition coefficient (Wildman–Crippen LogP) is 3.22. The largest absolute Gasteiger partial charge is 0.466 e. The second-order valence-corrected chi connectivity index (χ2v) is 6.24. The molecule has 1 aromatic carbocycles. The zero-order chi connectivity index (χ0) is 15.1. The number of hydrogen-bond acceptors (Lipinski definition) is 6. The monoisotopic (exact) mass is 321 g/mol. The highest BCUT2D eigenvalue weighted by Crippen LogP contribution is 2.23. The highest BCUT2D eigenvalue weighted by Gasteiger charge is 2.11. The summed E-state index contributed by atoms with van der Waals surface area (Å²) in [4.78, 5) is 27.7. The molecule has 0 atom stereocenters. The van der Waals surface area contributed by atoms with Gasteiger partial charge in [0, 0.05) is 10.9 Å². The van der Waals surface area contributed by atoms with E-state index in [9.17, 15) is 9.59 Å². The Balaban J connectivity index is 1.85. The summed E-state index contributed by atoms with van der Waals surface area (Å²) in [5.74, 6) is 0.138. The standard InChI is InChI=1S/C15H15NO3S2/c1-2-19-14(18)8-12-9-20-15(16-12)21-10-13(17)11-6-4-3-5-7-11/h3-7,9H,2,8,10H2,1H3. The zero-order valence-corrected chi connectivity index (χ0v) is 13.2. The maximum atomic E-state index is 12.0. The van der Waals surface area contributed by atoms with E-state index in [0.717, 1.165) is 4.34 Å². The summed E-state index contributed by atoms with van der Waals surface area (Å²) < 4.78 is 5.67. The van der Waals surface area contributed by atoms with Crippen molar-refractivity contribution in [1.29, 1.82) is 0 Å². The summed E-state index contributed by atoms with van der Waals surface area (Å²) in [6.07, 6.45) is 0.178. The van der Waals surface area contributed by atoms with Gasteiger partial charge < -0.3 is 4.74 Å². The summed E-state index contributed by atoms with van der Waals surface area (Å²) in [6, 6.07) is 9.18. The van der Waals surface area contributed by atoms with Gasteiger partial charge in [-0.1, -0.05) is 42.1 Å². The fourth-order valence-electron chi connectivity index (χ4n) is 1.63. The summed E-state index contributed by atoms with van der Waals surface area (Å²) in [5, 5.41) is 1.83. The summed E-state index contributed by atoms with van der Waals surface area (Å²) >= 11 is 2.83. The van der Waals surface area contributed by atoms with Crippen LogP contribution in [0.15, 0.2) is 40.1 Å². The Morgan fingerprint density at radius 2 is 2.05 bits per heavy atom. The lowest BCUT2D eigenvalue weighted by Crippen LogP contribution is -2.07. The first kappa shape index (κ1) is 15.7. The van der Waals surface area contributed by atoms with Crippen molar-refractivity contribution in [1.82, 2.24) is 4.98 Å². The third-order valence-corrected chi connectivity index (χ3v) is 4.65. The van der Waals surface area contributed by atoms with Gasteiger partial charge in [-0.3, -0.25) is 9.59 Å². The van der Waals surface area contributed by atoms with Gasteiger partial charge in [0.25, 0.3) is 0 Å². The second-order valence-electron chi connectivity index (χ2n) is 4.16. The van der Waals surface area contributed by atoms with Crippen LogP contribution >= 0.6 is 23.1 Å². The lowest BCUT2D eigenvalue weighted by atomic mass is 10.2. The number of thiazole rings is 1. The number of carbonyl (C=O) groups is 2. The molecule has 2 aromatic rings. The molecule has 0 aliphatic rings. The molecular weight excluding hydrogens is 306 g/mol. The number of ketones is 1. The SMILES string of the molecule is CCOC(=O)Cc1csc(SCC(=O)c2ccccc2)n1. The number of hydrogen-bond donors (Lipinski definition) is 0. The molecule has 0 N–H and O–H groups in total. The molecule has 21 heavy (non-hydrogen) atoms. The van der Waals surface area contributed by atoms with Crippen LogP contribution in [0, 0.1) is 0 Å². The quantitative estimate of drug-likeness (QED) is 0.445. The van der Waals surface area contributed by atoms with E-state index in [-0.39, 0.29) is 18.2 Å². The molecule has 1 aromatic heterocycles. The Morgan fingerprint density at radius 3 is 2.76 bits per heavy atom. The van der Waals surface area contributed by atoms with Gasteiger partial charge in [-0.15, -0.1) is 11.3 Å². The highest BCUT2D eigenvalue weighted by molar-refractivity contribution is 8.01. The van der Waals surface area contributed by atoms with E-state index in [1.807, 2.05) is 23.6 Å². The third-order valence-electron chi connectivity index (χ3n) is 2.58. The van der Waals surface area contributed by atoms with Crippen molar-refractivity contribution in [2.75, 3.05) is 12.4 Å². The van der Waals surface area contributed by atoms with E-state index in [1.54, 1.807) is 19.1 Å². The van der Waals surface area contributed by atoms with E-state index in [4.69, 9.17) is 4.74 Å². The van der Waals surface area contributed by atoms with E-state index < -0.39 is 0 Å². The van der Waals surface area contributed by atoms with Gasteiger partial charge in [0.2, 0.25) is 0 Å². The second kappa shape index (κ2) is 7.95. The van der Waals surface area contributed by atoms with E-state index >= 15 is 0 Å². The first-order valence-corrected chi connectivity index (χ1v) is 8.36. The number of benzene rings is 1. The van der Waals surface area contributed by atoms with Gasteiger partial charge in [-0.05, 0) is 6.92 Å². The minimum atomic E-state index is -0.278. The molecule has 0 fully saturated rings. The molecule has 0 aliphatic carbocycles. The molecular formula is C15H15NO3S2. The summed E-state index contributed by atoms with van der Waals surface area (Å²) in [5.41, 5.74) is 1.39. The Labute approximate surface area is 131 Å². The zero-order valence-electron chi connectivity index (χ0n) is 11.6. The summed E-state index contributed by atoms with van der Waals surface area (Å²) in [7, 11) is 0. The molecule has 0 saturated heterocycles. The van der Waals surface area contributed by atoms with Gasteiger partial charge in [0.15, 0.2) is 10.1 Å². The summed E-state index contributed by atoms with van der Waals surface area (Å²) in [6.45, 7) is 2.14. The van der Waals surface area contributed by atoms with Crippen molar-refractivity contribution >= 4 is 34.9 Å². The number of carbonyl (C=O) groups excluding carboxylic acids is 2. The smallest absolute Gasteiger partial charge is 0.311 e. The fourth-order valence-corrected chi connectivity index (χ4v) is 3.37. The van der Waals surface area contributed by atoms with Crippen LogP contribution in [0.3, 0.4) is 0 Å². The van der Waals surface area contributed by atoms with Crippen LogP contribution in [-0.2, 0) is 16.0 Å². The molecule has 0 aliphatic heterocycles. The van der Waals surface area contributed by atoms with Crippen LogP contribution in [0.2, 0.25) is 0 Å². The number of nitrogens with zero attached hydrogens (tertiary/aromatic N) is 1. The van der Waals surface area contributed by atoms with Gasteiger partial charge in [-0.25, -0.2) is 4.98 Å². The lowest BCUT2D eigenvalue weighted by Gasteiger charge is -1.99. The number of rotatable bonds is 7. The van der Waals surface area contributed by atoms with E-state index in [0.29, 0.717) is 23.6 Å². The first-order chi connectivity index (χ1) is 10.2. The van der Waals surface area contributed by atoms with E-state index in [1.165, 1.54) is 23.1 Å². The van der Waals surface area contributed by atoms with Gasteiger partial charge in [0.05, 0.1) is 24.5 Å². The topological polar surface area (TPSA) is 56.3 Å². The normalized spacial score (nSPS) is 10.3. The van der Waals surface area contributed by atoms with Crippen LogP contribution in [0.5, 0.6) is 0 Å². The van der Waals surface area contributed by atoms with Crippen LogP contribution < -0.4 is 0 Å². The van der Waals surface area contributed by atoms with Crippen molar-refractivity contribution in [2.45, 2.75) is 17.7 Å². The Kier molecular flexibility index (Phi) is 5.95. The van der Waals surface area contributed by atoms with Crippen molar-refractivity contribution < 1.29 is 14.3 Å². The number of esters is 1.